The summed E-state index contributed by atoms with van der Waals surface area (Å²) in [6.45, 7) is 13.0. The van der Waals surface area contributed by atoms with Crippen molar-refractivity contribution < 1.29 is 24.2 Å². The molecule has 226 valence electrons. The van der Waals surface area contributed by atoms with Crippen LogP contribution in [-0.2, 0) is 20.7 Å². The molecule has 3 aromatic rings. The SMILES string of the molecule is C=Cc1cccc(C(C(=O)Nc2c(C)cccc2C)N(C(=O)C(Cc2ccc(O)cc2)NC(=O)OC(C)(C)C)C2CC2)c1. The Labute approximate surface area is 253 Å². The maximum absolute atomic E-state index is 14.6. The van der Waals surface area contributed by atoms with Crippen molar-refractivity contribution in [1.29, 1.82) is 0 Å². The molecule has 1 aliphatic rings. The Kier molecular flexibility index (Phi) is 9.59. The lowest BCUT2D eigenvalue weighted by Crippen LogP contribution is -2.54. The van der Waals surface area contributed by atoms with Gasteiger partial charge < -0.3 is 25.4 Å². The van der Waals surface area contributed by atoms with Crippen molar-refractivity contribution in [2.75, 3.05) is 5.32 Å². The molecule has 0 aliphatic heterocycles. The highest BCUT2D eigenvalue weighted by Gasteiger charge is 2.44. The standard InChI is InChI=1S/C35H41N3O5/c1-7-24-12-9-13-26(20-24)31(32(40)37-30-22(2)10-8-11-23(30)3)38(27-16-17-27)33(41)29(36-34(42)43-35(4,5)6)21-25-14-18-28(39)19-15-25/h7-15,18-20,27,29,31,39H,1,16-17,21H2,2-6H3,(H,36,42)(H,37,40). The molecule has 1 saturated carbocycles. The van der Waals surface area contributed by atoms with Crippen molar-refractivity contribution in [3.63, 3.8) is 0 Å². The number of amides is 3. The van der Waals surface area contributed by atoms with Crippen molar-refractivity contribution in [2.45, 2.75) is 77.6 Å². The van der Waals surface area contributed by atoms with E-state index in [0.29, 0.717) is 11.3 Å². The van der Waals surface area contributed by atoms with Gasteiger partial charge in [-0.25, -0.2) is 4.79 Å². The fraction of sp³-hybridized carbons (Fsp3) is 0.343. The van der Waals surface area contributed by atoms with Gasteiger partial charge in [0.1, 0.15) is 23.4 Å². The normalized spacial score (nSPS) is 14.3. The number of ether oxygens (including phenoxy) is 1. The minimum Gasteiger partial charge on any atom is -0.508 e. The van der Waals surface area contributed by atoms with Gasteiger partial charge in [0.15, 0.2) is 0 Å². The first-order valence-corrected chi connectivity index (χ1v) is 14.6. The first-order valence-electron chi connectivity index (χ1n) is 14.6. The molecule has 4 rings (SSSR count). The summed E-state index contributed by atoms with van der Waals surface area (Å²) >= 11 is 0. The van der Waals surface area contributed by atoms with Crippen LogP contribution in [0.4, 0.5) is 10.5 Å². The Morgan fingerprint density at radius 3 is 2.23 bits per heavy atom. The summed E-state index contributed by atoms with van der Waals surface area (Å²) in [5.41, 5.74) is 3.94. The number of carbonyl (C=O) groups is 3. The highest BCUT2D eigenvalue weighted by atomic mass is 16.6. The first-order chi connectivity index (χ1) is 20.4. The van der Waals surface area contributed by atoms with Crippen molar-refractivity contribution in [3.05, 3.63) is 101 Å². The number of phenols is 1. The molecule has 43 heavy (non-hydrogen) atoms. The fourth-order valence-corrected chi connectivity index (χ4v) is 5.07. The molecule has 1 aliphatic carbocycles. The van der Waals surface area contributed by atoms with E-state index < -0.39 is 29.7 Å². The van der Waals surface area contributed by atoms with Gasteiger partial charge >= 0.3 is 6.09 Å². The van der Waals surface area contributed by atoms with E-state index in [2.05, 4.69) is 17.2 Å². The third kappa shape index (κ3) is 8.25. The van der Waals surface area contributed by atoms with Gasteiger partial charge in [-0.05, 0) is 93.5 Å². The Morgan fingerprint density at radius 2 is 1.65 bits per heavy atom. The van der Waals surface area contributed by atoms with Crippen LogP contribution in [0.15, 0.2) is 73.3 Å². The maximum Gasteiger partial charge on any atom is 0.408 e. The summed E-state index contributed by atoms with van der Waals surface area (Å²) in [6, 6.07) is 17.5. The van der Waals surface area contributed by atoms with E-state index in [1.165, 1.54) is 12.1 Å². The number of benzene rings is 3. The summed E-state index contributed by atoms with van der Waals surface area (Å²) < 4.78 is 5.51. The van der Waals surface area contributed by atoms with Crippen molar-refractivity contribution in [2.24, 2.45) is 0 Å². The van der Waals surface area contributed by atoms with Crippen molar-refractivity contribution >= 4 is 29.7 Å². The van der Waals surface area contributed by atoms with E-state index in [4.69, 9.17) is 4.74 Å². The molecule has 8 heteroatoms. The third-order valence-corrected chi connectivity index (χ3v) is 7.28. The molecular formula is C35H41N3O5. The van der Waals surface area contributed by atoms with Crippen LogP contribution in [0.1, 0.15) is 67.5 Å². The second-order valence-corrected chi connectivity index (χ2v) is 12.1. The second-order valence-electron chi connectivity index (χ2n) is 12.1. The number of hydrogen-bond acceptors (Lipinski definition) is 5. The molecule has 2 atom stereocenters. The van der Waals surface area contributed by atoms with Crippen LogP contribution in [0.5, 0.6) is 5.75 Å². The zero-order valence-electron chi connectivity index (χ0n) is 25.5. The van der Waals surface area contributed by atoms with Crippen LogP contribution >= 0.6 is 0 Å². The molecule has 0 spiro atoms. The van der Waals surface area contributed by atoms with E-state index in [0.717, 1.165) is 35.1 Å². The summed E-state index contributed by atoms with van der Waals surface area (Å²) in [5, 5.41) is 15.7. The number of carbonyl (C=O) groups excluding carboxylic acids is 3. The zero-order valence-corrected chi connectivity index (χ0v) is 25.5. The number of aromatic hydroxyl groups is 1. The van der Waals surface area contributed by atoms with E-state index in [-0.39, 0.29) is 24.1 Å². The van der Waals surface area contributed by atoms with Crippen molar-refractivity contribution in [3.8, 4) is 5.75 Å². The molecule has 0 radical (unpaired) electrons. The number of hydrogen-bond donors (Lipinski definition) is 3. The van der Waals surface area contributed by atoms with Crippen molar-refractivity contribution in [1.82, 2.24) is 10.2 Å². The minimum absolute atomic E-state index is 0.0941. The molecule has 2 unspecified atom stereocenters. The van der Waals surface area contributed by atoms with Gasteiger partial charge in [-0.15, -0.1) is 0 Å². The number of para-hydroxylation sites is 1. The Morgan fingerprint density at radius 1 is 1.02 bits per heavy atom. The van der Waals surface area contributed by atoms with Crippen LogP contribution < -0.4 is 10.6 Å². The number of alkyl carbamates (subject to hydrolysis) is 1. The van der Waals surface area contributed by atoms with E-state index >= 15 is 0 Å². The summed E-state index contributed by atoms with van der Waals surface area (Å²) in [4.78, 5) is 43.4. The number of aryl methyl sites for hydroxylation is 2. The van der Waals surface area contributed by atoms with Crippen LogP contribution in [-0.4, -0.2) is 45.6 Å². The predicted octanol–water partition coefficient (Wildman–Crippen LogP) is 6.46. The largest absolute Gasteiger partial charge is 0.508 e. The van der Waals surface area contributed by atoms with Crippen LogP contribution in [0, 0.1) is 13.8 Å². The van der Waals surface area contributed by atoms with E-state index in [9.17, 15) is 19.5 Å². The zero-order chi connectivity index (χ0) is 31.3. The molecule has 3 N–H and O–H groups in total. The number of nitrogens with zero attached hydrogens (tertiary/aromatic N) is 1. The molecule has 0 aromatic heterocycles. The summed E-state index contributed by atoms with van der Waals surface area (Å²) in [6.07, 6.45) is 2.58. The maximum atomic E-state index is 14.6. The number of rotatable bonds is 10. The van der Waals surface area contributed by atoms with E-state index in [1.807, 2.05) is 56.3 Å². The lowest BCUT2D eigenvalue weighted by atomic mass is 9.98. The number of nitrogens with one attached hydrogen (secondary N) is 2. The molecular weight excluding hydrogens is 542 g/mol. The van der Waals surface area contributed by atoms with Gasteiger partial charge in [0.2, 0.25) is 5.91 Å². The van der Waals surface area contributed by atoms with Gasteiger partial charge in [0.25, 0.3) is 5.91 Å². The number of anilines is 1. The minimum atomic E-state index is -1.03. The van der Waals surface area contributed by atoms with Gasteiger partial charge in [0, 0.05) is 18.2 Å². The Bertz CT molecular complexity index is 1470. The molecule has 3 aromatic carbocycles. The Balaban J connectivity index is 1.76. The van der Waals surface area contributed by atoms with Gasteiger partial charge in [-0.2, -0.15) is 0 Å². The molecule has 0 bridgehead atoms. The second kappa shape index (κ2) is 13.2. The van der Waals surface area contributed by atoms with Crippen LogP contribution in [0.2, 0.25) is 0 Å². The monoisotopic (exact) mass is 583 g/mol. The lowest BCUT2D eigenvalue weighted by molar-refractivity contribution is -0.141. The summed E-state index contributed by atoms with van der Waals surface area (Å²) in [7, 11) is 0. The van der Waals surface area contributed by atoms with Gasteiger partial charge in [-0.3, -0.25) is 9.59 Å². The lowest BCUT2D eigenvalue weighted by Gasteiger charge is -2.35. The quantitative estimate of drug-likeness (QED) is 0.254. The Hall–Kier alpha value is -4.59. The molecule has 1 fully saturated rings. The van der Waals surface area contributed by atoms with Gasteiger partial charge in [0.05, 0.1) is 0 Å². The molecule has 0 saturated heterocycles. The highest BCUT2D eigenvalue weighted by molar-refractivity contribution is 6.00. The predicted molar refractivity (Wildman–Crippen MR) is 169 cm³/mol. The van der Waals surface area contributed by atoms with Gasteiger partial charge in [-0.1, -0.05) is 61.2 Å². The fourth-order valence-electron chi connectivity index (χ4n) is 5.07. The molecule has 3 amide bonds. The molecule has 8 nitrogen and oxygen atoms in total. The topological polar surface area (TPSA) is 108 Å². The summed E-state index contributed by atoms with van der Waals surface area (Å²) in [5.74, 6) is -0.650. The number of phenolic OH excluding ortho intramolecular Hbond substituents is 1. The average Bonchev–Trinajstić information content (AvgIpc) is 3.78. The third-order valence-electron chi connectivity index (χ3n) is 7.28. The average molecular weight is 584 g/mol. The van der Waals surface area contributed by atoms with Crippen LogP contribution in [0.25, 0.3) is 6.08 Å². The van der Waals surface area contributed by atoms with E-state index in [1.54, 1.807) is 43.9 Å². The smallest absolute Gasteiger partial charge is 0.408 e. The first kappa shape index (κ1) is 31.3. The van der Waals surface area contributed by atoms with Crippen LogP contribution in [0.3, 0.4) is 0 Å². The molecule has 0 heterocycles. The highest BCUT2D eigenvalue weighted by Crippen LogP contribution is 2.37.